The van der Waals surface area contributed by atoms with Crippen LogP contribution in [-0.4, -0.2) is 23.6 Å². The van der Waals surface area contributed by atoms with Crippen LogP contribution < -0.4 is 5.32 Å². The van der Waals surface area contributed by atoms with Gasteiger partial charge in [-0.25, -0.2) is 4.79 Å². The molecule has 1 atom stereocenters. The third-order valence-electron chi connectivity index (χ3n) is 3.97. The number of hydrogen-bond acceptors (Lipinski definition) is 3. The second kappa shape index (κ2) is 7.13. The van der Waals surface area contributed by atoms with Gasteiger partial charge in [-0.15, -0.1) is 0 Å². The van der Waals surface area contributed by atoms with E-state index in [0.717, 1.165) is 11.1 Å². The van der Waals surface area contributed by atoms with Gasteiger partial charge in [-0.2, -0.15) is 0 Å². The number of aromatic nitrogens is 1. The van der Waals surface area contributed by atoms with Crippen molar-refractivity contribution in [1.29, 1.82) is 0 Å². The smallest absolute Gasteiger partial charge is 0.338 e. The van der Waals surface area contributed by atoms with Gasteiger partial charge in [-0.3, -0.25) is 4.79 Å². The summed E-state index contributed by atoms with van der Waals surface area (Å²) in [5, 5.41) is 2.86. The number of amides is 1. The van der Waals surface area contributed by atoms with E-state index >= 15 is 0 Å². The minimum Gasteiger partial charge on any atom is -0.465 e. The van der Waals surface area contributed by atoms with Crippen molar-refractivity contribution in [3.63, 3.8) is 0 Å². The van der Waals surface area contributed by atoms with Crippen molar-refractivity contribution in [2.75, 3.05) is 12.4 Å². The number of methoxy groups -OCH3 is 1. The number of nitrogens with one attached hydrogen (secondary N) is 1. The second-order valence-electron chi connectivity index (χ2n) is 5.69. The Morgan fingerprint density at radius 1 is 1.22 bits per heavy atom. The topological polar surface area (TPSA) is 60.3 Å². The highest BCUT2D eigenvalue weighted by Crippen LogP contribution is 2.21. The van der Waals surface area contributed by atoms with Gasteiger partial charge in [0.2, 0.25) is 5.91 Å². The van der Waals surface area contributed by atoms with Crippen molar-refractivity contribution >= 4 is 17.6 Å². The van der Waals surface area contributed by atoms with Crippen molar-refractivity contribution in [1.82, 2.24) is 4.57 Å². The van der Waals surface area contributed by atoms with E-state index in [2.05, 4.69) is 5.32 Å². The molecule has 2 aromatic rings. The zero-order chi connectivity index (χ0) is 17.0. The van der Waals surface area contributed by atoms with Gasteiger partial charge in [-0.05, 0) is 56.2 Å². The Morgan fingerprint density at radius 2 is 1.87 bits per heavy atom. The number of benzene rings is 1. The maximum atomic E-state index is 12.2. The van der Waals surface area contributed by atoms with E-state index in [0.29, 0.717) is 17.7 Å². The van der Waals surface area contributed by atoms with Crippen LogP contribution in [0.15, 0.2) is 36.7 Å². The largest absolute Gasteiger partial charge is 0.465 e. The highest BCUT2D eigenvalue weighted by atomic mass is 16.5. The first-order valence-corrected chi connectivity index (χ1v) is 7.54. The van der Waals surface area contributed by atoms with E-state index in [1.165, 1.54) is 7.11 Å². The Kier molecular flexibility index (Phi) is 5.21. The minimum atomic E-state index is -0.401. The summed E-state index contributed by atoms with van der Waals surface area (Å²) >= 11 is 0. The van der Waals surface area contributed by atoms with Crippen LogP contribution in [0, 0.1) is 13.8 Å². The van der Waals surface area contributed by atoms with Crippen LogP contribution in [0.3, 0.4) is 0 Å². The molecule has 0 bridgehead atoms. The first-order chi connectivity index (χ1) is 10.9. The molecule has 1 aromatic heterocycles. The number of carbonyl (C=O) groups excluding carboxylic acids is 2. The lowest BCUT2D eigenvalue weighted by Gasteiger charge is -2.15. The van der Waals surface area contributed by atoms with Gasteiger partial charge < -0.3 is 14.6 Å². The molecule has 0 aliphatic carbocycles. The van der Waals surface area contributed by atoms with Crippen LogP contribution in [0.2, 0.25) is 0 Å². The normalized spacial score (nSPS) is 11.8. The zero-order valence-electron chi connectivity index (χ0n) is 13.9. The summed E-state index contributed by atoms with van der Waals surface area (Å²) in [7, 11) is 1.35. The Balaban J connectivity index is 2.12. The van der Waals surface area contributed by atoms with E-state index < -0.39 is 5.97 Å². The molecule has 1 amide bonds. The molecule has 0 spiro atoms. The summed E-state index contributed by atoms with van der Waals surface area (Å²) in [5.74, 6) is -0.493. The quantitative estimate of drug-likeness (QED) is 0.860. The molecule has 0 aliphatic heterocycles. The number of aryl methyl sites for hydroxylation is 1. The standard InChI is InChI=1S/C18H22N2O3/c1-12-9-15(11-16(14(12)3)18(22)23-4)19-17(21)10-13(2)20-7-5-6-8-20/h5-9,11,13H,10H2,1-4H3,(H,19,21)/t13-/m1/s1. The van der Waals surface area contributed by atoms with E-state index in [1.54, 1.807) is 6.07 Å². The number of nitrogens with zero attached hydrogens (tertiary/aromatic N) is 1. The third-order valence-corrected chi connectivity index (χ3v) is 3.97. The Morgan fingerprint density at radius 3 is 2.48 bits per heavy atom. The molecule has 0 aliphatic rings. The molecule has 5 heteroatoms. The number of ether oxygens (including phenoxy) is 1. The number of esters is 1. The molecular weight excluding hydrogens is 292 g/mol. The lowest BCUT2D eigenvalue weighted by Crippen LogP contribution is -2.17. The Hall–Kier alpha value is -2.56. The molecule has 0 saturated carbocycles. The molecule has 23 heavy (non-hydrogen) atoms. The molecule has 0 saturated heterocycles. The van der Waals surface area contributed by atoms with E-state index in [4.69, 9.17) is 4.74 Å². The molecular formula is C18H22N2O3. The summed E-state index contributed by atoms with van der Waals surface area (Å²) in [6.45, 7) is 5.75. The van der Waals surface area contributed by atoms with Crippen molar-refractivity contribution in [3.05, 3.63) is 53.3 Å². The fourth-order valence-corrected chi connectivity index (χ4v) is 2.48. The van der Waals surface area contributed by atoms with Crippen LogP contribution in [-0.2, 0) is 9.53 Å². The highest BCUT2D eigenvalue weighted by Gasteiger charge is 2.15. The summed E-state index contributed by atoms with van der Waals surface area (Å²) in [6, 6.07) is 7.45. The average Bonchev–Trinajstić information content (AvgIpc) is 3.04. The fraction of sp³-hybridized carbons (Fsp3) is 0.333. The van der Waals surface area contributed by atoms with Crippen LogP contribution >= 0.6 is 0 Å². The predicted molar refractivity (Wildman–Crippen MR) is 89.6 cm³/mol. The fourth-order valence-electron chi connectivity index (χ4n) is 2.48. The van der Waals surface area contributed by atoms with E-state index in [9.17, 15) is 9.59 Å². The van der Waals surface area contributed by atoms with Crippen molar-refractivity contribution in [2.45, 2.75) is 33.2 Å². The van der Waals surface area contributed by atoms with Gasteiger partial charge in [0.15, 0.2) is 0 Å². The minimum absolute atomic E-state index is 0.0663. The summed E-state index contributed by atoms with van der Waals surface area (Å²) in [6.07, 6.45) is 4.22. The number of anilines is 1. The molecule has 1 heterocycles. The van der Waals surface area contributed by atoms with Crippen LogP contribution in [0.25, 0.3) is 0 Å². The second-order valence-corrected chi connectivity index (χ2v) is 5.69. The molecule has 0 unspecified atom stereocenters. The first kappa shape index (κ1) is 16.8. The Bertz CT molecular complexity index is 705. The third kappa shape index (κ3) is 4.00. The van der Waals surface area contributed by atoms with E-state index in [-0.39, 0.29) is 11.9 Å². The predicted octanol–water partition coefficient (Wildman–Crippen LogP) is 3.48. The Labute approximate surface area is 136 Å². The lowest BCUT2D eigenvalue weighted by molar-refractivity contribution is -0.116. The van der Waals surface area contributed by atoms with Gasteiger partial charge in [0.25, 0.3) is 0 Å². The van der Waals surface area contributed by atoms with Crippen molar-refractivity contribution < 1.29 is 14.3 Å². The maximum Gasteiger partial charge on any atom is 0.338 e. The van der Waals surface area contributed by atoms with Gasteiger partial charge in [-0.1, -0.05) is 0 Å². The summed E-state index contributed by atoms with van der Waals surface area (Å²) in [4.78, 5) is 24.0. The highest BCUT2D eigenvalue weighted by molar-refractivity contribution is 5.96. The lowest BCUT2D eigenvalue weighted by atomic mass is 10.0. The SMILES string of the molecule is COC(=O)c1cc(NC(=O)C[C@@H](C)n2cccc2)cc(C)c1C. The molecule has 0 radical (unpaired) electrons. The molecule has 2 rings (SSSR count). The molecule has 1 N–H and O–H groups in total. The number of carbonyl (C=O) groups is 2. The average molecular weight is 314 g/mol. The molecule has 0 fully saturated rings. The van der Waals surface area contributed by atoms with Crippen LogP contribution in [0.1, 0.15) is 40.9 Å². The van der Waals surface area contributed by atoms with Crippen LogP contribution in [0.4, 0.5) is 5.69 Å². The van der Waals surface area contributed by atoms with Gasteiger partial charge in [0, 0.05) is 30.5 Å². The number of hydrogen-bond donors (Lipinski definition) is 1. The maximum absolute atomic E-state index is 12.2. The first-order valence-electron chi connectivity index (χ1n) is 7.54. The molecule has 5 nitrogen and oxygen atoms in total. The number of rotatable bonds is 5. The zero-order valence-corrected chi connectivity index (χ0v) is 13.9. The van der Waals surface area contributed by atoms with Crippen molar-refractivity contribution in [2.24, 2.45) is 0 Å². The van der Waals surface area contributed by atoms with Gasteiger partial charge in [0.05, 0.1) is 12.7 Å². The van der Waals surface area contributed by atoms with Crippen LogP contribution in [0.5, 0.6) is 0 Å². The van der Waals surface area contributed by atoms with Crippen molar-refractivity contribution in [3.8, 4) is 0 Å². The van der Waals surface area contributed by atoms with Gasteiger partial charge in [0.1, 0.15) is 0 Å². The monoisotopic (exact) mass is 314 g/mol. The summed E-state index contributed by atoms with van der Waals surface area (Å²) < 4.78 is 6.78. The van der Waals surface area contributed by atoms with E-state index in [1.807, 2.05) is 55.9 Å². The molecule has 122 valence electrons. The van der Waals surface area contributed by atoms with Gasteiger partial charge >= 0.3 is 5.97 Å². The summed E-state index contributed by atoms with van der Waals surface area (Å²) in [5.41, 5.74) is 2.87. The molecule has 1 aromatic carbocycles.